The molecule has 0 saturated carbocycles. The summed E-state index contributed by atoms with van der Waals surface area (Å²) in [6, 6.07) is 14.0. The van der Waals surface area contributed by atoms with Gasteiger partial charge >= 0.3 is 0 Å². The van der Waals surface area contributed by atoms with Crippen LogP contribution in [0.25, 0.3) is 0 Å². The Bertz CT molecular complexity index is 1040. The summed E-state index contributed by atoms with van der Waals surface area (Å²) in [6.45, 7) is 5.39. The molecule has 0 fully saturated rings. The minimum Gasteiger partial charge on any atom is -0.357 e. The first-order valence-corrected chi connectivity index (χ1v) is 12.0. The summed E-state index contributed by atoms with van der Waals surface area (Å²) < 4.78 is 26.2. The molecule has 1 atom stereocenters. The highest BCUT2D eigenvalue weighted by Crippen LogP contribution is 2.23. The van der Waals surface area contributed by atoms with Gasteiger partial charge in [0, 0.05) is 13.6 Å². The summed E-state index contributed by atoms with van der Waals surface area (Å²) in [5.74, 6) is -0.726. The van der Waals surface area contributed by atoms with Crippen molar-refractivity contribution in [3.8, 4) is 0 Å². The number of carbonyl (C=O) groups is 2. The van der Waals surface area contributed by atoms with Crippen molar-refractivity contribution in [1.29, 1.82) is 0 Å². The summed E-state index contributed by atoms with van der Waals surface area (Å²) in [5, 5.41) is 2.61. The second-order valence-electron chi connectivity index (χ2n) is 7.61. The largest absolute Gasteiger partial charge is 0.357 e. The molecular formula is C23H31N3O4S. The van der Waals surface area contributed by atoms with Gasteiger partial charge in [0.15, 0.2) is 0 Å². The van der Waals surface area contributed by atoms with E-state index in [2.05, 4.69) is 5.32 Å². The molecule has 2 aromatic carbocycles. The van der Waals surface area contributed by atoms with Crippen molar-refractivity contribution in [3.63, 3.8) is 0 Å². The standard InChI is InChI=1S/C23H31N3O4S/c1-6-20(23(28)24-4)25(15-19-12-9-10-17(2)14-19)22(27)16-26(31(5,29)30)21-13-8-7-11-18(21)3/h7-14,20H,6,15-16H2,1-5H3,(H,24,28). The van der Waals surface area contributed by atoms with Gasteiger partial charge in [-0.2, -0.15) is 0 Å². The van der Waals surface area contributed by atoms with Crippen molar-refractivity contribution in [3.05, 3.63) is 65.2 Å². The van der Waals surface area contributed by atoms with Gasteiger partial charge in [-0.1, -0.05) is 55.0 Å². The highest BCUT2D eigenvalue weighted by molar-refractivity contribution is 7.92. The second-order valence-corrected chi connectivity index (χ2v) is 9.51. The van der Waals surface area contributed by atoms with Crippen molar-refractivity contribution < 1.29 is 18.0 Å². The van der Waals surface area contributed by atoms with Gasteiger partial charge in [0.05, 0.1) is 11.9 Å². The third kappa shape index (κ3) is 6.30. The molecule has 0 aliphatic rings. The maximum absolute atomic E-state index is 13.4. The van der Waals surface area contributed by atoms with E-state index in [9.17, 15) is 18.0 Å². The highest BCUT2D eigenvalue weighted by atomic mass is 32.2. The number of carbonyl (C=O) groups excluding carboxylic acids is 2. The molecule has 0 aliphatic carbocycles. The average Bonchev–Trinajstić information content (AvgIpc) is 2.71. The van der Waals surface area contributed by atoms with Crippen LogP contribution in [-0.2, 0) is 26.2 Å². The molecule has 168 valence electrons. The van der Waals surface area contributed by atoms with E-state index >= 15 is 0 Å². The number of nitrogens with zero attached hydrogens (tertiary/aromatic N) is 2. The van der Waals surface area contributed by atoms with Crippen molar-refractivity contribution in [2.75, 3.05) is 24.2 Å². The van der Waals surface area contributed by atoms with E-state index < -0.39 is 22.0 Å². The average molecular weight is 446 g/mol. The molecule has 8 heteroatoms. The Kier molecular flexibility index (Phi) is 8.21. The lowest BCUT2D eigenvalue weighted by atomic mass is 10.1. The van der Waals surface area contributed by atoms with Crippen molar-refractivity contribution in [1.82, 2.24) is 10.2 Å². The summed E-state index contributed by atoms with van der Waals surface area (Å²) in [7, 11) is -2.20. The van der Waals surface area contributed by atoms with Crippen molar-refractivity contribution >= 4 is 27.5 Å². The number of likely N-dealkylation sites (N-methyl/N-ethyl adjacent to an activating group) is 1. The number of rotatable bonds is 9. The molecule has 7 nitrogen and oxygen atoms in total. The molecule has 0 aliphatic heterocycles. The molecule has 0 spiro atoms. The van der Waals surface area contributed by atoms with E-state index in [4.69, 9.17) is 0 Å². The van der Waals surface area contributed by atoms with Gasteiger partial charge < -0.3 is 10.2 Å². The fraction of sp³-hybridized carbons (Fsp3) is 0.391. The van der Waals surface area contributed by atoms with E-state index in [1.807, 2.05) is 44.2 Å². The number of nitrogens with one attached hydrogen (secondary N) is 1. The normalized spacial score (nSPS) is 12.2. The zero-order chi connectivity index (χ0) is 23.2. The van der Waals surface area contributed by atoms with Gasteiger partial charge in [-0.25, -0.2) is 8.42 Å². The van der Waals surface area contributed by atoms with Crippen LogP contribution in [0.15, 0.2) is 48.5 Å². The summed E-state index contributed by atoms with van der Waals surface area (Å²) in [4.78, 5) is 27.4. The number of hydrogen-bond acceptors (Lipinski definition) is 4. The minimum absolute atomic E-state index is 0.206. The Labute approximate surface area is 185 Å². The van der Waals surface area contributed by atoms with Gasteiger partial charge in [-0.05, 0) is 37.5 Å². The van der Waals surface area contributed by atoms with Gasteiger partial charge in [0.1, 0.15) is 12.6 Å². The Hall–Kier alpha value is -2.87. The van der Waals surface area contributed by atoms with E-state index in [0.717, 1.165) is 27.3 Å². The molecule has 1 N–H and O–H groups in total. The molecule has 2 rings (SSSR count). The fourth-order valence-corrected chi connectivity index (χ4v) is 4.44. The summed E-state index contributed by atoms with van der Waals surface area (Å²) in [6.07, 6.45) is 1.48. The molecule has 31 heavy (non-hydrogen) atoms. The SMILES string of the molecule is CCC(C(=O)NC)N(Cc1cccc(C)c1)C(=O)CN(c1ccccc1C)S(C)(=O)=O. The predicted octanol–water partition coefficient (Wildman–Crippen LogP) is 2.62. The van der Waals surface area contributed by atoms with Crippen LogP contribution >= 0.6 is 0 Å². The van der Waals surface area contributed by atoms with Crippen LogP contribution < -0.4 is 9.62 Å². The van der Waals surface area contributed by atoms with Crippen LogP contribution in [0.3, 0.4) is 0 Å². The van der Waals surface area contributed by atoms with Crippen LogP contribution in [0.4, 0.5) is 5.69 Å². The van der Waals surface area contributed by atoms with Crippen molar-refractivity contribution in [2.24, 2.45) is 0 Å². The first kappa shape index (κ1) is 24.4. The lowest BCUT2D eigenvalue weighted by Gasteiger charge is -2.33. The van der Waals surface area contributed by atoms with Crippen LogP contribution in [0.5, 0.6) is 0 Å². The Morgan fingerprint density at radius 3 is 2.29 bits per heavy atom. The van der Waals surface area contributed by atoms with E-state index in [0.29, 0.717) is 12.1 Å². The summed E-state index contributed by atoms with van der Waals surface area (Å²) >= 11 is 0. The topological polar surface area (TPSA) is 86.8 Å². The monoisotopic (exact) mass is 445 g/mol. The zero-order valence-corrected chi connectivity index (χ0v) is 19.6. The van der Waals surface area contributed by atoms with E-state index in [-0.39, 0.29) is 19.0 Å². The fourth-order valence-electron chi connectivity index (χ4n) is 3.53. The Morgan fingerprint density at radius 1 is 1.06 bits per heavy atom. The molecule has 0 radical (unpaired) electrons. The number of benzene rings is 2. The molecule has 2 aromatic rings. The number of sulfonamides is 1. The number of amides is 2. The molecule has 2 amide bonds. The molecule has 0 aromatic heterocycles. The van der Waals surface area contributed by atoms with Crippen LogP contribution in [0, 0.1) is 13.8 Å². The first-order valence-electron chi connectivity index (χ1n) is 10.2. The number of aryl methyl sites for hydroxylation is 2. The third-order valence-corrected chi connectivity index (χ3v) is 6.26. The lowest BCUT2D eigenvalue weighted by molar-refractivity contribution is -0.140. The quantitative estimate of drug-likeness (QED) is 0.643. The van der Waals surface area contributed by atoms with E-state index in [1.165, 1.54) is 11.9 Å². The molecule has 0 saturated heterocycles. The van der Waals surface area contributed by atoms with Gasteiger partial charge in [0.25, 0.3) is 0 Å². The van der Waals surface area contributed by atoms with E-state index in [1.54, 1.807) is 25.1 Å². The predicted molar refractivity (Wildman–Crippen MR) is 123 cm³/mol. The molecular weight excluding hydrogens is 414 g/mol. The second kappa shape index (κ2) is 10.4. The van der Waals surface area contributed by atoms with Gasteiger partial charge in [-0.15, -0.1) is 0 Å². The zero-order valence-electron chi connectivity index (χ0n) is 18.8. The Morgan fingerprint density at radius 2 is 1.74 bits per heavy atom. The minimum atomic E-state index is -3.72. The van der Waals surface area contributed by atoms with Crippen LogP contribution in [-0.4, -0.2) is 51.0 Å². The molecule has 0 bridgehead atoms. The van der Waals surface area contributed by atoms with Crippen LogP contribution in [0.2, 0.25) is 0 Å². The number of anilines is 1. The maximum Gasteiger partial charge on any atom is 0.244 e. The van der Waals surface area contributed by atoms with Gasteiger partial charge in [-0.3, -0.25) is 13.9 Å². The number of hydrogen-bond donors (Lipinski definition) is 1. The Balaban J connectivity index is 2.44. The summed E-state index contributed by atoms with van der Waals surface area (Å²) in [5.41, 5.74) is 3.10. The maximum atomic E-state index is 13.4. The third-order valence-electron chi connectivity index (χ3n) is 5.13. The molecule has 0 heterocycles. The van der Waals surface area contributed by atoms with Crippen molar-refractivity contribution in [2.45, 2.75) is 39.8 Å². The number of para-hydroxylation sites is 1. The van der Waals surface area contributed by atoms with Crippen LogP contribution in [0.1, 0.15) is 30.0 Å². The highest BCUT2D eigenvalue weighted by Gasteiger charge is 2.31. The smallest absolute Gasteiger partial charge is 0.244 e. The lowest BCUT2D eigenvalue weighted by Crippen LogP contribution is -2.51. The first-order chi connectivity index (χ1) is 14.6. The van der Waals surface area contributed by atoms with Gasteiger partial charge in [0.2, 0.25) is 21.8 Å². The molecule has 1 unspecified atom stereocenters.